The van der Waals surface area contributed by atoms with Crippen LogP contribution in [0.25, 0.3) is 5.57 Å². The van der Waals surface area contributed by atoms with Gasteiger partial charge in [-0.2, -0.15) is 0 Å². The first-order valence-corrected chi connectivity index (χ1v) is 9.17. The minimum absolute atomic E-state index is 0.437. The second kappa shape index (κ2) is 6.78. The van der Waals surface area contributed by atoms with E-state index in [-0.39, 0.29) is 0 Å². The van der Waals surface area contributed by atoms with E-state index in [1.54, 1.807) is 0 Å². The van der Waals surface area contributed by atoms with Gasteiger partial charge in [-0.05, 0) is 46.7 Å². The molecule has 0 aliphatic heterocycles. The Morgan fingerprint density at radius 1 is 0.667 bits per heavy atom. The molecule has 0 saturated heterocycles. The number of allylic oxidation sites excluding steroid dienone is 2. The molecule has 3 aromatic carbocycles. The van der Waals surface area contributed by atoms with E-state index < -0.39 is 0 Å². The Labute approximate surface area is 152 Å². The van der Waals surface area contributed by atoms with Crippen LogP contribution in [0.5, 0.6) is 0 Å². The third kappa shape index (κ3) is 3.09. The van der Waals surface area contributed by atoms with Crippen molar-refractivity contribution in [2.45, 2.75) is 18.3 Å². The lowest BCUT2D eigenvalue weighted by Gasteiger charge is -2.20. The van der Waals surface area contributed by atoms with Crippen LogP contribution in [0.2, 0.25) is 0 Å². The zero-order chi connectivity index (χ0) is 16.4. The minimum Gasteiger partial charge on any atom is -0.0725 e. The zero-order valence-corrected chi connectivity index (χ0v) is 15.0. The molecular weight excluding hydrogens is 356 g/mol. The van der Waals surface area contributed by atoms with E-state index in [9.17, 15) is 0 Å². The van der Waals surface area contributed by atoms with Crippen molar-refractivity contribution in [3.05, 3.63) is 112 Å². The van der Waals surface area contributed by atoms with Crippen LogP contribution in [0.3, 0.4) is 0 Å². The summed E-state index contributed by atoms with van der Waals surface area (Å²) in [6.07, 6.45) is 3.56. The first-order chi connectivity index (χ1) is 11.8. The van der Waals surface area contributed by atoms with Gasteiger partial charge in [0.2, 0.25) is 0 Å². The molecule has 4 rings (SSSR count). The molecular formula is C23H19Br. The monoisotopic (exact) mass is 374 g/mol. The van der Waals surface area contributed by atoms with Crippen molar-refractivity contribution in [3.63, 3.8) is 0 Å². The maximum Gasteiger partial charge on any atom is 0.0175 e. The number of hydrogen-bond acceptors (Lipinski definition) is 0. The van der Waals surface area contributed by atoms with E-state index in [1.807, 2.05) is 0 Å². The molecule has 0 nitrogen and oxygen atoms in total. The molecule has 0 unspecified atom stereocenters. The van der Waals surface area contributed by atoms with Crippen molar-refractivity contribution in [1.29, 1.82) is 0 Å². The third-order valence-electron chi connectivity index (χ3n) is 4.88. The van der Waals surface area contributed by atoms with Crippen LogP contribution in [0.4, 0.5) is 0 Å². The Balaban J connectivity index is 1.74. The van der Waals surface area contributed by atoms with Crippen LogP contribution < -0.4 is 0 Å². The molecule has 3 aromatic rings. The molecule has 1 heteroatoms. The summed E-state index contributed by atoms with van der Waals surface area (Å²) in [6.45, 7) is 0. The van der Waals surface area contributed by atoms with Crippen molar-refractivity contribution in [3.8, 4) is 0 Å². The molecule has 1 aliphatic carbocycles. The van der Waals surface area contributed by atoms with Crippen molar-refractivity contribution in [2.75, 3.05) is 0 Å². The Bertz CT molecular complexity index is 832. The van der Waals surface area contributed by atoms with Gasteiger partial charge in [0.25, 0.3) is 0 Å². The predicted molar refractivity (Wildman–Crippen MR) is 105 cm³/mol. The van der Waals surface area contributed by atoms with E-state index >= 15 is 0 Å². The lowest BCUT2D eigenvalue weighted by Crippen LogP contribution is -2.04. The van der Waals surface area contributed by atoms with Gasteiger partial charge in [0.1, 0.15) is 0 Å². The average Bonchev–Trinajstić information content (AvgIpc) is 3.09. The molecule has 118 valence electrons. The van der Waals surface area contributed by atoms with Crippen LogP contribution in [0.15, 0.2) is 95.5 Å². The quantitative estimate of drug-likeness (QED) is 0.472. The van der Waals surface area contributed by atoms with E-state index in [0.29, 0.717) is 11.8 Å². The lowest BCUT2D eigenvalue weighted by molar-refractivity contribution is 0.668. The SMILES string of the molecule is Brc1ccc(C2=C[C@H](c3ccccc3)[C@H](c3ccccc3)C2)cc1. The van der Waals surface area contributed by atoms with Crippen LogP contribution in [0, 0.1) is 0 Å². The molecule has 0 fully saturated rings. The van der Waals surface area contributed by atoms with Crippen LogP contribution in [-0.4, -0.2) is 0 Å². The smallest absolute Gasteiger partial charge is 0.0175 e. The molecule has 0 amide bonds. The summed E-state index contributed by atoms with van der Waals surface area (Å²) >= 11 is 3.53. The zero-order valence-electron chi connectivity index (χ0n) is 13.4. The van der Waals surface area contributed by atoms with E-state index in [4.69, 9.17) is 0 Å². The van der Waals surface area contributed by atoms with Gasteiger partial charge in [0.05, 0.1) is 0 Å². The summed E-state index contributed by atoms with van der Waals surface area (Å²) < 4.78 is 1.13. The molecule has 0 saturated carbocycles. The lowest BCUT2D eigenvalue weighted by atomic mass is 9.83. The summed E-state index contributed by atoms with van der Waals surface area (Å²) in [6, 6.07) is 30.5. The first-order valence-electron chi connectivity index (χ1n) is 8.38. The summed E-state index contributed by atoms with van der Waals surface area (Å²) in [5.74, 6) is 0.944. The molecule has 0 radical (unpaired) electrons. The number of rotatable bonds is 3. The predicted octanol–water partition coefficient (Wildman–Crippen LogP) is 6.80. The molecule has 0 aromatic heterocycles. The van der Waals surface area contributed by atoms with Gasteiger partial charge in [-0.3, -0.25) is 0 Å². The summed E-state index contributed by atoms with van der Waals surface area (Å²) in [7, 11) is 0. The van der Waals surface area contributed by atoms with Crippen molar-refractivity contribution >= 4 is 21.5 Å². The highest BCUT2D eigenvalue weighted by Crippen LogP contribution is 2.47. The Kier molecular flexibility index (Phi) is 4.36. The fourth-order valence-corrected chi connectivity index (χ4v) is 3.94. The number of benzene rings is 3. The molecule has 0 bridgehead atoms. The van der Waals surface area contributed by atoms with Crippen molar-refractivity contribution in [2.24, 2.45) is 0 Å². The second-order valence-electron chi connectivity index (χ2n) is 6.36. The van der Waals surface area contributed by atoms with Crippen molar-refractivity contribution < 1.29 is 0 Å². The highest BCUT2D eigenvalue weighted by Gasteiger charge is 2.30. The molecule has 0 N–H and O–H groups in total. The van der Waals surface area contributed by atoms with Gasteiger partial charge in [-0.25, -0.2) is 0 Å². The van der Waals surface area contributed by atoms with Gasteiger partial charge >= 0.3 is 0 Å². The topological polar surface area (TPSA) is 0 Å². The van der Waals surface area contributed by atoms with E-state index in [0.717, 1.165) is 10.9 Å². The molecule has 1 aliphatic rings. The van der Waals surface area contributed by atoms with E-state index in [2.05, 4.69) is 107 Å². The Morgan fingerprint density at radius 3 is 1.88 bits per heavy atom. The Morgan fingerprint density at radius 2 is 1.25 bits per heavy atom. The third-order valence-corrected chi connectivity index (χ3v) is 5.41. The fraction of sp³-hybridized carbons (Fsp3) is 0.130. The normalized spacial score (nSPS) is 20.0. The van der Waals surface area contributed by atoms with Gasteiger partial charge in [-0.15, -0.1) is 0 Å². The van der Waals surface area contributed by atoms with Crippen LogP contribution >= 0.6 is 15.9 Å². The van der Waals surface area contributed by atoms with E-state index in [1.165, 1.54) is 22.3 Å². The van der Waals surface area contributed by atoms with Crippen molar-refractivity contribution in [1.82, 2.24) is 0 Å². The molecule has 0 spiro atoms. The van der Waals surface area contributed by atoms with Crippen LogP contribution in [0.1, 0.15) is 34.9 Å². The summed E-state index contributed by atoms with van der Waals surface area (Å²) in [4.78, 5) is 0. The maximum absolute atomic E-state index is 3.53. The van der Waals surface area contributed by atoms with Gasteiger partial charge in [0.15, 0.2) is 0 Å². The van der Waals surface area contributed by atoms with Crippen LogP contribution in [-0.2, 0) is 0 Å². The molecule has 24 heavy (non-hydrogen) atoms. The number of hydrogen-bond donors (Lipinski definition) is 0. The first kappa shape index (κ1) is 15.4. The van der Waals surface area contributed by atoms with Gasteiger partial charge in [0, 0.05) is 10.4 Å². The highest BCUT2D eigenvalue weighted by molar-refractivity contribution is 9.10. The fourth-order valence-electron chi connectivity index (χ4n) is 3.67. The molecule has 2 atom stereocenters. The summed E-state index contributed by atoms with van der Waals surface area (Å²) in [5, 5.41) is 0. The number of halogens is 1. The minimum atomic E-state index is 0.437. The Hall–Kier alpha value is -2.12. The molecule has 0 heterocycles. The van der Waals surface area contributed by atoms with Gasteiger partial charge in [-0.1, -0.05) is 94.8 Å². The maximum atomic E-state index is 3.53. The second-order valence-corrected chi connectivity index (χ2v) is 7.27. The standard InChI is InChI=1S/C23H19Br/c24-21-13-11-17(12-14-21)20-15-22(18-7-3-1-4-8-18)23(16-20)19-9-5-2-6-10-19/h1-15,22-23H,16H2/t22-,23+/m1/s1. The largest absolute Gasteiger partial charge is 0.0725 e. The highest BCUT2D eigenvalue weighted by atomic mass is 79.9. The average molecular weight is 375 g/mol. The summed E-state index contributed by atoms with van der Waals surface area (Å²) in [5.41, 5.74) is 5.61. The van der Waals surface area contributed by atoms with Gasteiger partial charge < -0.3 is 0 Å².